The molecule has 1 N–H and O–H groups in total. The van der Waals surface area contributed by atoms with E-state index in [4.69, 9.17) is 14.2 Å². The average molecular weight is 276 g/mol. The second-order valence-electron chi connectivity index (χ2n) is 4.48. The summed E-state index contributed by atoms with van der Waals surface area (Å²) in [6, 6.07) is 7.86. The summed E-state index contributed by atoms with van der Waals surface area (Å²) < 4.78 is 15.6. The monoisotopic (exact) mass is 276 g/mol. The van der Waals surface area contributed by atoms with Crippen molar-refractivity contribution in [3.63, 3.8) is 0 Å². The van der Waals surface area contributed by atoms with Gasteiger partial charge in [0.1, 0.15) is 5.75 Å². The van der Waals surface area contributed by atoms with Crippen LogP contribution in [0.25, 0.3) is 10.9 Å². The molecular weight excluding hydrogens is 256 g/mol. The Hall–Kier alpha value is -1.85. The minimum absolute atomic E-state index is 0.281. The first-order chi connectivity index (χ1) is 9.67. The van der Waals surface area contributed by atoms with E-state index in [2.05, 4.69) is 10.3 Å². The summed E-state index contributed by atoms with van der Waals surface area (Å²) in [4.78, 5) is 4.53. The van der Waals surface area contributed by atoms with Gasteiger partial charge in [-0.2, -0.15) is 0 Å². The second-order valence-corrected chi connectivity index (χ2v) is 4.48. The van der Waals surface area contributed by atoms with E-state index in [1.54, 1.807) is 21.3 Å². The van der Waals surface area contributed by atoms with E-state index in [0.29, 0.717) is 6.54 Å². The van der Waals surface area contributed by atoms with Crippen LogP contribution in [0.4, 0.5) is 5.69 Å². The predicted octanol–water partition coefficient (Wildman–Crippen LogP) is 2.58. The normalized spacial score (nSPS) is 11.1. The Labute approximate surface area is 118 Å². The van der Waals surface area contributed by atoms with Gasteiger partial charge in [0, 0.05) is 37.1 Å². The lowest BCUT2D eigenvalue weighted by molar-refractivity contribution is -0.0913. The number of ether oxygens (including phenoxy) is 3. The predicted molar refractivity (Wildman–Crippen MR) is 79.3 cm³/mol. The topological polar surface area (TPSA) is 52.6 Å². The van der Waals surface area contributed by atoms with Crippen LogP contribution in [0.15, 0.2) is 24.3 Å². The van der Waals surface area contributed by atoms with Gasteiger partial charge in [0.25, 0.3) is 0 Å². The van der Waals surface area contributed by atoms with Gasteiger partial charge in [-0.15, -0.1) is 0 Å². The van der Waals surface area contributed by atoms with Gasteiger partial charge < -0.3 is 19.5 Å². The fraction of sp³-hybridized carbons (Fsp3) is 0.400. The van der Waals surface area contributed by atoms with Crippen molar-refractivity contribution in [3.8, 4) is 5.75 Å². The van der Waals surface area contributed by atoms with Gasteiger partial charge in [0.2, 0.25) is 0 Å². The first kappa shape index (κ1) is 14.6. The molecule has 5 nitrogen and oxygen atoms in total. The van der Waals surface area contributed by atoms with Crippen LogP contribution in [0, 0.1) is 6.92 Å². The van der Waals surface area contributed by atoms with Gasteiger partial charge in [0.15, 0.2) is 6.29 Å². The molecule has 20 heavy (non-hydrogen) atoms. The summed E-state index contributed by atoms with van der Waals surface area (Å²) in [7, 11) is 4.89. The number of rotatable bonds is 6. The maximum absolute atomic E-state index is 5.23. The molecule has 0 bridgehead atoms. The van der Waals surface area contributed by atoms with Crippen molar-refractivity contribution in [2.45, 2.75) is 13.2 Å². The van der Waals surface area contributed by atoms with Crippen LogP contribution in [-0.4, -0.2) is 39.1 Å². The third-order valence-electron chi connectivity index (χ3n) is 3.13. The Balaban J connectivity index is 2.32. The molecule has 2 rings (SSSR count). The lowest BCUT2D eigenvalue weighted by atomic mass is 10.1. The summed E-state index contributed by atoms with van der Waals surface area (Å²) in [5.74, 6) is 0.799. The summed E-state index contributed by atoms with van der Waals surface area (Å²) >= 11 is 0. The average Bonchev–Trinajstić information content (AvgIpc) is 2.47. The molecular formula is C15H20N2O3. The van der Waals surface area contributed by atoms with Crippen LogP contribution >= 0.6 is 0 Å². The van der Waals surface area contributed by atoms with E-state index in [1.807, 2.05) is 31.2 Å². The maximum Gasteiger partial charge on any atom is 0.173 e. The number of hydrogen-bond acceptors (Lipinski definition) is 5. The molecule has 0 atom stereocenters. The standard InChI is InChI=1S/C15H20N2O3/c1-10-7-13(16-9-15(19-3)20-4)12-6-5-11(18-2)8-14(12)17-10/h5-8,15H,9H2,1-4H3,(H,16,17). The van der Waals surface area contributed by atoms with Gasteiger partial charge in [-0.25, -0.2) is 0 Å². The number of hydrogen-bond donors (Lipinski definition) is 1. The Kier molecular flexibility index (Phi) is 4.76. The molecule has 0 saturated heterocycles. The zero-order chi connectivity index (χ0) is 14.5. The van der Waals surface area contributed by atoms with Crippen LogP contribution in [0.3, 0.4) is 0 Å². The van der Waals surface area contributed by atoms with E-state index in [1.165, 1.54) is 0 Å². The van der Waals surface area contributed by atoms with Crippen molar-refractivity contribution in [3.05, 3.63) is 30.0 Å². The third kappa shape index (κ3) is 3.18. The van der Waals surface area contributed by atoms with Crippen LogP contribution in [0.2, 0.25) is 0 Å². The van der Waals surface area contributed by atoms with Crippen LogP contribution < -0.4 is 10.1 Å². The van der Waals surface area contributed by atoms with Crippen LogP contribution in [0.1, 0.15) is 5.69 Å². The Bertz CT molecular complexity index is 583. The molecule has 0 amide bonds. The van der Waals surface area contributed by atoms with Crippen molar-refractivity contribution < 1.29 is 14.2 Å². The fourth-order valence-corrected chi connectivity index (χ4v) is 2.07. The van der Waals surface area contributed by atoms with Crippen molar-refractivity contribution in [2.75, 3.05) is 33.2 Å². The summed E-state index contributed by atoms with van der Waals surface area (Å²) in [5.41, 5.74) is 2.85. The molecule has 2 aromatic rings. The molecule has 0 aliphatic carbocycles. The maximum atomic E-state index is 5.23. The Morgan fingerprint density at radius 3 is 2.55 bits per heavy atom. The number of aromatic nitrogens is 1. The van der Waals surface area contributed by atoms with Crippen LogP contribution in [0.5, 0.6) is 5.75 Å². The van der Waals surface area contributed by atoms with Crippen LogP contribution in [-0.2, 0) is 9.47 Å². The molecule has 0 aliphatic rings. The minimum atomic E-state index is -0.281. The number of nitrogens with one attached hydrogen (secondary N) is 1. The van der Waals surface area contributed by atoms with Gasteiger partial charge in [-0.05, 0) is 25.1 Å². The lowest BCUT2D eigenvalue weighted by Gasteiger charge is -2.16. The molecule has 5 heteroatoms. The highest BCUT2D eigenvalue weighted by Gasteiger charge is 2.08. The Morgan fingerprint density at radius 2 is 1.90 bits per heavy atom. The summed E-state index contributed by atoms with van der Waals surface area (Å²) in [5, 5.41) is 4.38. The molecule has 1 heterocycles. The van der Waals surface area contributed by atoms with Crippen molar-refractivity contribution in [2.24, 2.45) is 0 Å². The number of benzene rings is 1. The molecule has 0 aliphatic heterocycles. The van der Waals surface area contributed by atoms with E-state index in [9.17, 15) is 0 Å². The number of fused-ring (bicyclic) bond motifs is 1. The first-order valence-corrected chi connectivity index (χ1v) is 6.42. The molecule has 0 unspecified atom stereocenters. The smallest absolute Gasteiger partial charge is 0.173 e. The quantitative estimate of drug-likeness (QED) is 0.822. The largest absolute Gasteiger partial charge is 0.497 e. The van der Waals surface area contributed by atoms with Gasteiger partial charge in [-0.3, -0.25) is 4.98 Å². The van der Waals surface area contributed by atoms with Gasteiger partial charge in [0.05, 0.1) is 19.2 Å². The zero-order valence-electron chi connectivity index (χ0n) is 12.3. The highest BCUT2D eigenvalue weighted by atomic mass is 16.7. The zero-order valence-corrected chi connectivity index (χ0v) is 12.3. The highest BCUT2D eigenvalue weighted by molar-refractivity contribution is 5.92. The second kappa shape index (κ2) is 6.54. The van der Waals surface area contributed by atoms with E-state index < -0.39 is 0 Å². The molecule has 108 valence electrons. The van der Waals surface area contributed by atoms with E-state index in [0.717, 1.165) is 28.0 Å². The fourth-order valence-electron chi connectivity index (χ4n) is 2.07. The number of aryl methyl sites for hydroxylation is 1. The summed E-state index contributed by atoms with van der Waals surface area (Å²) in [6.45, 7) is 2.53. The van der Waals surface area contributed by atoms with Crippen molar-refractivity contribution in [1.29, 1.82) is 0 Å². The van der Waals surface area contributed by atoms with Gasteiger partial charge in [-0.1, -0.05) is 0 Å². The molecule has 0 radical (unpaired) electrons. The number of nitrogens with zero attached hydrogens (tertiary/aromatic N) is 1. The van der Waals surface area contributed by atoms with E-state index in [-0.39, 0.29) is 6.29 Å². The molecule has 0 spiro atoms. The Morgan fingerprint density at radius 1 is 1.15 bits per heavy atom. The third-order valence-corrected chi connectivity index (χ3v) is 3.13. The number of pyridine rings is 1. The van der Waals surface area contributed by atoms with Gasteiger partial charge >= 0.3 is 0 Å². The van der Waals surface area contributed by atoms with Crippen molar-refractivity contribution >= 4 is 16.6 Å². The molecule has 1 aromatic heterocycles. The molecule has 0 fully saturated rings. The molecule has 0 saturated carbocycles. The first-order valence-electron chi connectivity index (χ1n) is 6.42. The number of anilines is 1. The lowest BCUT2D eigenvalue weighted by Crippen LogP contribution is -2.23. The van der Waals surface area contributed by atoms with E-state index >= 15 is 0 Å². The minimum Gasteiger partial charge on any atom is -0.497 e. The van der Waals surface area contributed by atoms with Crippen molar-refractivity contribution in [1.82, 2.24) is 4.98 Å². The molecule has 1 aromatic carbocycles. The highest BCUT2D eigenvalue weighted by Crippen LogP contribution is 2.26. The number of methoxy groups -OCH3 is 3. The summed E-state index contributed by atoms with van der Waals surface area (Å²) in [6.07, 6.45) is -0.281. The SMILES string of the molecule is COc1ccc2c(NCC(OC)OC)cc(C)nc2c1.